The zero-order valence-corrected chi connectivity index (χ0v) is 12.3. The molecule has 21 heavy (non-hydrogen) atoms. The van der Waals surface area contributed by atoms with E-state index < -0.39 is 10.1 Å². The third kappa shape index (κ3) is 2.68. The van der Waals surface area contributed by atoms with Crippen molar-refractivity contribution < 1.29 is 13.0 Å². The zero-order chi connectivity index (χ0) is 15.0. The molecule has 0 heterocycles. The van der Waals surface area contributed by atoms with Crippen molar-refractivity contribution in [3.63, 3.8) is 0 Å². The first-order valence-corrected chi connectivity index (χ1v) is 7.96. The van der Waals surface area contributed by atoms with Gasteiger partial charge in [0.15, 0.2) is 0 Å². The van der Waals surface area contributed by atoms with Crippen LogP contribution in [0.5, 0.6) is 0 Å². The molecule has 0 saturated carbocycles. The zero-order valence-electron chi connectivity index (χ0n) is 11.4. The van der Waals surface area contributed by atoms with Crippen LogP contribution in [0.3, 0.4) is 0 Å². The van der Waals surface area contributed by atoms with Crippen molar-refractivity contribution in [2.75, 3.05) is 0 Å². The van der Waals surface area contributed by atoms with E-state index in [1.54, 1.807) is 6.07 Å². The minimum Gasteiger partial charge on any atom is -0.282 e. The van der Waals surface area contributed by atoms with Crippen LogP contribution in [-0.2, 0) is 10.1 Å². The predicted molar refractivity (Wildman–Crippen MR) is 83.9 cm³/mol. The summed E-state index contributed by atoms with van der Waals surface area (Å²) in [4.78, 5) is -0.0868. The molecule has 0 bridgehead atoms. The van der Waals surface area contributed by atoms with E-state index in [1.807, 2.05) is 49.4 Å². The highest BCUT2D eigenvalue weighted by Crippen LogP contribution is 2.29. The molecule has 0 aliphatic heterocycles. The normalized spacial score (nSPS) is 11.7. The van der Waals surface area contributed by atoms with Crippen LogP contribution in [0.1, 0.15) is 5.56 Å². The van der Waals surface area contributed by atoms with E-state index in [-0.39, 0.29) is 4.90 Å². The van der Waals surface area contributed by atoms with Gasteiger partial charge in [0.2, 0.25) is 0 Å². The lowest BCUT2D eigenvalue weighted by atomic mass is 9.98. The molecule has 0 saturated heterocycles. The molecule has 106 valence electrons. The van der Waals surface area contributed by atoms with E-state index in [4.69, 9.17) is 0 Å². The average Bonchev–Trinajstić information content (AvgIpc) is 2.46. The molecule has 1 N–H and O–H groups in total. The van der Waals surface area contributed by atoms with Gasteiger partial charge in [-0.25, -0.2) is 0 Å². The van der Waals surface area contributed by atoms with Crippen LogP contribution in [0.2, 0.25) is 0 Å². The van der Waals surface area contributed by atoms with Gasteiger partial charge in [0.05, 0.1) is 4.90 Å². The summed E-state index contributed by atoms with van der Waals surface area (Å²) in [5.74, 6) is 0. The fourth-order valence-corrected chi connectivity index (χ4v) is 2.94. The summed E-state index contributed by atoms with van der Waals surface area (Å²) in [5, 5.41) is 2.22. The molecule has 3 aromatic rings. The fraction of sp³-hybridized carbons (Fsp3) is 0.0588. The standard InChI is InChI=1S/C17H14O3S/c1-12-6-9-16(21(18,19)20)11-17(12)15-8-7-13-4-2-3-5-14(13)10-15/h2-11H,1H3,(H,18,19,20). The summed E-state index contributed by atoms with van der Waals surface area (Å²) in [6.45, 7) is 1.91. The third-order valence-electron chi connectivity index (χ3n) is 3.57. The van der Waals surface area contributed by atoms with Gasteiger partial charge in [-0.2, -0.15) is 8.42 Å². The number of hydrogen-bond acceptors (Lipinski definition) is 2. The monoisotopic (exact) mass is 298 g/mol. The smallest absolute Gasteiger partial charge is 0.282 e. The van der Waals surface area contributed by atoms with Gasteiger partial charge in [0.25, 0.3) is 10.1 Å². The van der Waals surface area contributed by atoms with Gasteiger partial charge >= 0.3 is 0 Å². The maximum Gasteiger partial charge on any atom is 0.294 e. The van der Waals surface area contributed by atoms with Crippen LogP contribution >= 0.6 is 0 Å². The third-order valence-corrected chi connectivity index (χ3v) is 4.42. The molecule has 3 rings (SSSR count). The Morgan fingerprint density at radius 2 is 1.57 bits per heavy atom. The van der Waals surface area contributed by atoms with E-state index in [0.717, 1.165) is 27.5 Å². The van der Waals surface area contributed by atoms with Crippen LogP contribution in [0.4, 0.5) is 0 Å². The number of aryl methyl sites for hydroxylation is 1. The molecule has 3 nitrogen and oxygen atoms in total. The number of fused-ring (bicyclic) bond motifs is 1. The average molecular weight is 298 g/mol. The molecule has 0 amide bonds. The quantitative estimate of drug-likeness (QED) is 0.726. The lowest BCUT2D eigenvalue weighted by molar-refractivity contribution is 0.483. The highest BCUT2D eigenvalue weighted by molar-refractivity contribution is 7.85. The lowest BCUT2D eigenvalue weighted by Crippen LogP contribution is -1.98. The second-order valence-electron chi connectivity index (χ2n) is 5.01. The van der Waals surface area contributed by atoms with E-state index in [9.17, 15) is 13.0 Å². The van der Waals surface area contributed by atoms with Gasteiger partial charge in [-0.3, -0.25) is 4.55 Å². The molecule has 0 radical (unpaired) electrons. The summed E-state index contributed by atoms with van der Waals surface area (Å²) in [7, 11) is -4.19. The molecule has 0 aliphatic carbocycles. The Kier molecular flexibility index (Phi) is 3.27. The van der Waals surface area contributed by atoms with E-state index in [1.165, 1.54) is 12.1 Å². The summed E-state index contributed by atoms with van der Waals surface area (Å²) in [5.41, 5.74) is 2.69. The Hall–Kier alpha value is -2.17. The number of benzene rings is 3. The van der Waals surface area contributed by atoms with Gasteiger partial charge in [0.1, 0.15) is 0 Å². The highest BCUT2D eigenvalue weighted by atomic mass is 32.2. The first-order valence-electron chi connectivity index (χ1n) is 6.52. The first kappa shape index (κ1) is 13.8. The largest absolute Gasteiger partial charge is 0.294 e. The molecular weight excluding hydrogens is 284 g/mol. The molecule has 4 heteroatoms. The van der Waals surface area contributed by atoms with Gasteiger partial charge < -0.3 is 0 Å². The van der Waals surface area contributed by atoms with Crippen molar-refractivity contribution in [1.29, 1.82) is 0 Å². The van der Waals surface area contributed by atoms with Gasteiger partial charge in [0, 0.05) is 0 Å². The van der Waals surface area contributed by atoms with Crippen LogP contribution in [0.15, 0.2) is 65.6 Å². The van der Waals surface area contributed by atoms with Crippen LogP contribution < -0.4 is 0 Å². The molecule has 0 spiro atoms. The molecule has 0 unspecified atom stereocenters. The van der Waals surface area contributed by atoms with Crippen LogP contribution in [0.25, 0.3) is 21.9 Å². The number of hydrogen-bond donors (Lipinski definition) is 1. The van der Waals surface area contributed by atoms with Crippen molar-refractivity contribution in [3.8, 4) is 11.1 Å². The van der Waals surface area contributed by atoms with Crippen molar-refractivity contribution in [3.05, 3.63) is 66.2 Å². The molecule has 0 fully saturated rings. The van der Waals surface area contributed by atoms with Crippen molar-refractivity contribution in [2.24, 2.45) is 0 Å². The van der Waals surface area contributed by atoms with E-state index in [2.05, 4.69) is 0 Å². The minimum atomic E-state index is -4.19. The Labute approximate surface area is 123 Å². The predicted octanol–water partition coefficient (Wildman–Crippen LogP) is 4.06. The van der Waals surface area contributed by atoms with Crippen LogP contribution in [0, 0.1) is 6.92 Å². The fourth-order valence-electron chi connectivity index (χ4n) is 2.43. The Balaban J connectivity index is 2.22. The summed E-state index contributed by atoms with van der Waals surface area (Å²) < 4.78 is 31.8. The summed E-state index contributed by atoms with van der Waals surface area (Å²) in [6.07, 6.45) is 0. The minimum absolute atomic E-state index is 0.0868. The second kappa shape index (κ2) is 4.98. The number of rotatable bonds is 2. The van der Waals surface area contributed by atoms with E-state index in [0.29, 0.717) is 0 Å². The van der Waals surface area contributed by atoms with Crippen molar-refractivity contribution in [2.45, 2.75) is 11.8 Å². The maximum absolute atomic E-state index is 11.3. The van der Waals surface area contributed by atoms with E-state index >= 15 is 0 Å². The van der Waals surface area contributed by atoms with Gasteiger partial charge in [-0.1, -0.05) is 42.5 Å². The van der Waals surface area contributed by atoms with Crippen molar-refractivity contribution >= 4 is 20.9 Å². The van der Waals surface area contributed by atoms with Gasteiger partial charge in [-0.15, -0.1) is 0 Å². The molecule has 3 aromatic carbocycles. The van der Waals surface area contributed by atoms with Crippen molar-refractivity contribution in [1.82, 2.24) is 0 Å². The topological polar surface area (TPSA) is 54.4 Å². The Morgan fingerprint density at radius 3 is 2.29 bits per heavy atom. The highest BCUT2D eigenvalue weighted by Gasteiger charge is 2.12. The lowest BCUT2D eigenvalue weighted by Gasteiger charge is -2.09. The molecule has 0 aromatic heterocycles. The summed E-state index contributed by atoms with van der Waals surface area (Å²) >= 11 is 0. The Bertz CT molecular complexity index is 928. The Morgan fingerprint density at radius 1 is 0.857 bits per heavy atom. The SMILES string of the molecule is Cc1ccc(S(=O)(=O)O)cc1-c1ccc2ccccc2c1. The molecule has 0 aliphatic rings. The summed E-state index contributed by atoms with van der Waals surface area (Å²) in [6, 6.07) is 18.6. The van der Waals surface area contributed by atoms with Crippen LogP contribution in [-0.4, -0.2) is 13.0 Å². The molecule has 0 atom stereocenters. The maximum atomic E-state index is 11.3. The van der Waals surface area contributed by atoms with Gasteiger partial charge in [-0.05, 0) is 52.6 Å². The first-order chi connectivity index (χ1) is 9.95. The second-order valence-corrected chi connectivity index (χ2v) is 6.44. The molecular formula is C17H14O3S.